The first-order valence-electron chi connectivity index (χ1n) is 6.11. The molecule has 16 heavy (non-hydrogen) atoms. The fourth-order valence-corrected chi connectivity index (χ4v) is 2.92. The molecule has 1 aliphatic heterocycles. The number of anilines is 1. The predicted octanol–water partition coefficient (Wildman–Crippen LogP) is 2.27. The quantitative estimate of drug-likeness (QED) is 0.819. The number of benzene rings is 1. The van der Waals surface area contributed by atoms with Gasteiger partial charge in [0.25, 0.3) is 0 Å². The van der Waals surface area contributed by atoms with E-state index in [2.05, 4.69) is 43.2 Å². The number of hydrogen-bond acceptors (Lipinski definition) is 2. The Morgan fingerprint density at radius 1 is 1.38 bits per heavy atom. The maximum Gasteiger partial charge on any atom is 0.0429 e. The van der Waals surface area contributed by atoms with E-state index in [1.807, 2.05) is 7.05 Å². The topological polar surface area (TPSA) is 15.3 Å². The summed E-state index contributed by atoms with van der Waals surface area (Å²) in [6.07, 6.45) is 2.47. The zero-order valence-corrected chi connectivity index (χ0v) is 10.8. The summed E-state index contributed by atoms with van der Waals surface area (Å²) >= 11 is 0. The van der Waals surface area contributed by atoms with Crippen LogP contribution >= 0.6 is 0 Å². The molecule has 2 rings (SSSR count). The van der Waals surface area contributed by atoms with E-state index in [1.165, 1.54) is 35.2 Å². The maximum absolute atomic E-state index is 3.29. The molecule has 0 fully saturated rings. The van der Waals surface area contributed by atoms with Gasteiger partial charge in [-0.1, -0.05) is 17.7 Å². The van der Waals surface area contributed by atoms with E-state index in [-0.39, 0.29) is 0 Å². The molecule has 1 aromatic rings. The molecule has 0 amide bonds. The van der Waals surface area contributed by atoms with Crippen LogP contribution in [0.4, 0.5) is 5.69 Å². The van der Waals surface area contributed by atoms with Crippen molar-refractivity contribution in [3.63, 3.8) is 0 Å². The van der Waals surface area contributed by atoms with E-state index in [9.17, 15) is 0 Å². The second-order valence-electron chi connectivity index (χ2n) is 4.95. The highest BCUT2D eigenvalue weighted by atomic mass is 15.2. The molecule has 0 aromatic heterocycles. The molecule has 0 saturated heterocycles. The van der Waals surface area contributed by atoms with Gasteiger partial charge >= 0.3 is 0 Å². The summed E-state index contributed by atoms with van der Waals surface area (Å²) in [5, 5.41) is 3.29. The molecule has 1 aromatic carbocycles. The van der Waals surface area contributed by atoms with Crippen molar-refractivity contribution >= 4 is 5.69 Å². The number of hydrogen-bond donors (Lipinski definition) is 1. The van der Waals surface area contributed by atoms with E-state index >= 15 is 0 Å². The number of nitrogens with zero attached hydrogens (tertiary/aromatic N) is 1. The molecular weight excluding hydrogens is 196 g/mol. The van der Waals surface area contributed by atoms with Gasteiger partial charge in [-0.3, -0.25) is 0 Å². The molecule has 1 atom stereocenters. The maximum atomic E-state index is 3.29. The molecule has 1 unspecified atom stereocenters. The summed E-state index contributed by atoms with van der Waals surface area (Å²) in [5.74, 6) is 0. The Kier molecular flexibility index (Phi) is 3.20. The minimum absolute atomic E-state index is 0.638. The van der Waals surface area contributed by atoms with Crippen molar-refractivity contribution in [3.05, 3.63) is 28.8 Å². The zero-order chi connectivity index (χ0) is 11.7. The molecule has 0 spiro atoms. The van der Waals surface area contributed by atoms with Crippen LogP contribution < -0.4 is 10.2 Å². The third-order valence-corrected chi connectivity index (χ3v) is 3.61. The molecular formula is C14H22N2. The first kappa shape index (κ1) is 11.5. The molecule has 1 N–H and O–H groups in total. The van der Waals surface area contributed by atoms with Gasteiger partial charge in [-0.25, -0.2) is 0 Å². The lowest BCUT2D eigenvalue weighted by Gasteiger charge is -2.37. The summed E-state index contributed by atoms with van der Waals surface area (Å²) in [5.41, 5.74) is 5.78. The van der Waals surface area contributed by atoms with Gasteiger partial charge in [0.1, 0.15) is 0 Å². The Labute approximate surface area is 98.7 Å². The minimum atomic E-state index is 0.638. The largest absolute Gasteiger partial charge is 0.370 e. The van der Waals surface area contributed by atoms with E-state index in [4.69, 9.17) is 0 Å². The second kappa shape index (κ2) is 4.46. The van der Waals surface area contributed by atoms with Crippen molar-refractivity contribution in [3.8, 4) is 0 Å². The van der Waals surface area contributed by atoms with E-state index in [0.717, 1.165) is 6.54 Å². The zero-order valence-electron chi connectivity index (χ0n) is 10.8. The Bertz CT molecular complexity index is 385. The van der Waals surface area contributed by atoms with Crippen LogP contribution in [0.25, 0.3) is 0 Å². The van der Waals surface area contributed by atoms with Crippen LogP contribution in [-0.4, -0.2) is 26.7 Å². The lowest BCUT2D eigenvalue weighted by atomic mass is 9.92. The van der Waals surface area contributed by atoms with E-state index in [0.29, 0.717) is 6.04 Å². The van der Waals surface area contributed by atoms with Crippen LogP contribution in [0.15, 0.2) is 12.1 Å². The highest BCUT2D eigenvalue weighted by Gasteiger charge is 2.24. The fraction of sp³-hybridized carbons (Fsp3) is 0.571. The fourth-order valence-electron chi connectivity index (χ4n) is 2.92. The van der Waals surface area contributed by atoms with E-state index in [1.54, 1.807) is 0 Å². The van der Waals surface area contributed by atoms with E-state index < -0.39 is 0 Å². The summed E-state index contributed by atoms with van der Waals surface area (Å²) in [6.45, 7) is 5.49. The molecule has 1 aliphatic rings. The number of likely N-dealkylation sites (N-methyl/N-ethyl adjacent to an activating group) is 2. The van der Waals surface area contributed by atoms with Gasteiger partial charge in [-0.05, 0) is 44.9 Å². The minimum Gasteiger partial charge on any atom is -0.370 e. The number of rotatable bonds is 2. The third-order valence-electron chi connectivity index (χ3n) is 3.61. The van der Waals surface area contributed by atoms with Gasteiger partial charge in [-0.15, -0.1) is 0 Å². The monoisotopic (exact) mass is 218 g/mol. The van der Waals surface area contributed by atoms with Gasteiger partial charge in [0, 0.05) is 25.3 Å². The summed E-state index contributed by atoms with van der Waals surface area (Å²) in [4.78, 5) is 2.45. The van der Waals surface area contributed by atoms with Crippen molar-refractivity contribution in [2.45, 2.75) is 32.7 Å². The van der Waals surface area contributed by atoms with Gasteiger partial charge in [0.2, 0.25) is 0 Å². The summed E-state index contributed by atoms with van der Waals surface area (Å²) in [6, 6.07) is 5.27. The smallest absolute Gasteiger partial charge is 0.0429 e. The molecule has 2 nitrogen and oxygen atoms in total. The first-order chi connectivity index (χ1) is 7.63. The van der Waals surface area contributed by atoms with Crippen LogP contribution in [0.2, 0.25) is 0 Å². The predicted molar refractivity (Wildman–Crippen MR) is 70.4 cm³/mol. The Morgan fingerprint density at radius 3 is 2.81 bits per heavy atom. The summed E-state index contributed by atoms with van der Waals surface area (Å²) < 4.78 is 0. The van der Waals surface area contributed by atoms with Crippen molar-refractivity contribution in [2.75, 3.05) is 25.5 Å². The van der Waals surface area contributed by atoms with Gasteiger partial charge in [0.05, 0.1) is 0 Å². The normalized spacial score (nSPS) is 19.8. The highest BCUT2D eigenvalue weighted by molar-refractivity contribution is 5.62. The molecule has 88 valence electrons. The third kappa shape index (κ3) is 1.94. The molecule has 2 heteroatoms. The van der Waals surface area contributed by atoms with Crippen molar-refractivity contribution < 1.29 is 0 Å². The average molecular weight is 218 g/mol. The van der Waals surface area contributed by atoms with Crippen LogP contribution in [-0.2, 0) is 6.42 Å². The van der Waals surface area contributed by atoms with Gasteiger partial charge in [0.15, 0.2) is 0 Å². The van der Waals surface area contributed by atoms with Crippen molar-refractivity contribution in [1.82, 2.24) is 5.32 Å². The average Bonchev–Trinajstić information content (AvgIpc) is 2.21. The second-order valence-corrected chi connectivity index (χ2v) is 4.95. The molecule has 0 radical (unpaired) electrons. The summed E-state index contributed by atoms with van der Waals surface area (Å²) in [7, 11) is 4.26. The lowest BCUT2D eigenvalue weighted by molar-refractivity contribution is 0.529. The number of nitrogens with one attached hydrogen (secondary N) is 1. The highest BCUT2D eigenvalue weighted by Crippen LogP contribution is 2.33. The van der Waals surface area contributed by atoms with Gasteiger partial charge < -0.3 is 10.2 Å². The van der Waals surface area contributed by atoms with Crippen molar-refractivity contribution in [2.24, 2.45) is 0 Å². The van der Waals surface area contributed by atoms with Crippen LogP contribution in [0.1, 0.15) is 23.1 Å². The molecule has 0 bridgehead atoms. The van der Waals surface area contributed by atoms with Crippen molar-refractivity contribution in [1.29, 1.82) is 0 Å². The van der Waals surface area contributed by atoms with Gasteiger partial charge in [-0.2, -0.15) is 0 Å². The molecule has 0 aliphatic carbocycles. The Balaban J connectivity index is 2.36. The van der Waals surface area contributed by atoms with Crippen LogP contribution in [0, 0.1) is 13.8 Å². The number of aryl methyl sites for hydroxylation is 3. The van der Waals surface area contributed by atoms with Crippen LogP contribution in [0.3, 0.4) is 0 Å². The SMILES string of the molecule is CNCC1CCc2cc(C)cc(C)c2N1C. The molecule has 1 heterocycles. The Morgan fingerprint density at radius 2 is 2.12 bits per heavy atom. The Hall–Kier alpha value is -1.02. The lowest BCUT2D eigenvalue weighted by Crippen LogP contribution is -2.42. The number of fused-ring (bicyclic) bond motifs is 1. The molecule has 0 saturated carbocycles. The van der Waals surface area contributed by atoms with Crippen LogP contribution in [0.5, 0.6) is 0 Å². The first-order valence-corrected chi connectivity index (χ1v) is 6.11. The standard InChI is InChI=1S/C14H22N2/c1-10-7-11(2)14-12(8-10)5-6-13(9-15-3)16(14)4/h7-8,13,15H,5-6,9H2,1-4H3.